The number of amides is 2. The Balaban J connectivity index is 1.90. The fourth-order valence-electron chi connectivity index (χ4n) is 3.53. The molecule has 1 unspecified atom stereocenters. The highest BCUT2D eigenvalue weighted by atomic mass is 35.5. The van der Waals surface area contributed by atoms with Crippen LogP contribution in [0.4, 0.5) is 0 Å². The van der Waals surface area contributed by atoms with E-state index in [1.807, 2.05) is 42.5 Å². The van der Waals surface area contributed by atoms with Gasteiger partial charge in [-0.2, -0.15) is 0 Å². The van der Waals surface area contributed by atoms with Gasteiger partial charge in [-0.25, -0.2) is 0 Å². The Kier molecular flexibility index (Phi) is 10.4. The second kappa shape index (κ2) is 13.7. The second-order valence-corrected chi connectivity index (χ2v) is 8.66. The minimum absolute atomic E-state index is 0.187. The summed E-state index contributed by atoms with van der Waals surface area (Å²) in [6.07, 6.45) is 0.657. The molecule has 35 heavy (non-hydrogen) atoms. The average molecular weight is 515 g/mol. The van der Waals surface area contributed by atoms with Crippen LogP contribution in [0.1, 0.15) is 23.6 Å². The molecule has 0 aromatic heterocycles. The molecule has 0 saturated heterocycles. The van der Waals surface area contributed by atoms with Gasteiger partial charge >= 0.3 is 0 Å². The van der Waals surface area contributed by atoms with Gasteiger partial charge in [0.05, 0.1) is 5.02 Å². The van der Waals surface area contributed by atoms with Crippen molar-refractivity contribution in [3.8, 4) is 5.75 Å². The van der Waals surface area contributed by atoms with E-state index in [0.29, 0.717) is 40.9 Å². The number of rotatable bonds is 12. The van der Waals surface area contributed by atoms with E-state index in [1.165, 1.54) is 4.90 Å². The fourth-order valence-corrected chi connectivity index (χ4v) is 3.84. The van der Waals surface area contributed by atoms with Gasteiger partial charge in [0.1, 0.15) is 11.8 Å². The third-order valence-electron chi connectivity index (χ3n) is 5.27. The van der Waals surface area contributed by atoms with Gasteiger partial charge in [0, 0.05) is 31.8 Å². The number of nitrogens with one attached hydrogen (secondary N) is 1. The minimum Gasteiger partial charge on any atom is -0.482 e. The maximum absolute atomic E-state index is 13.5. The van der Waals surface area contributed by atoms with E-state index in [9.17, 15) is 9.59 Å². The Labute approximate surface area is 215 Å². The molecule has 0 fully saturated rings. The quantitative estimate of drug-likeness (QED) is 0.333. The summed E-state index contributed by atoms with van der Waals surface area (Å²) in [6.45, 7) is 0.856. The largest absolute Gasteiger partial charge is 0.482 e. The van der Waals surface area contributed by atoms with Crippen molar-refractivity contribution in [1.82, 2.24) is 10.2 Å². The highest BCUT2D eigenvalue weighted by Gasteiger charge is 2.31. The third-order valence-corrected chi connectivity index (χ3v) is 5.84. The first-order valence-corrected chi connectivity index (χ1v) is 12.0. The molecule has 1 N–H and O–H groups in total. The predicted molar refractivity (Wildman–Crippen MR) is 138 cm³/mol. The summed E-state index contributed by atoms with van der Waals surface area (Å²) in [7, 11) is 1.61. The number of benzene rings is 3. The highest BCUT2D eigenvalue weighted by molar-refractivity contribution is 6.32. The highest BCUT2D eigenvalue weighted by Crippen LogP contribution is 2.26. The maximum atomic E-state index is 13.5. The first-order chi connectivity index (χ1) is 17.0. The minimum atomic E-state index is -0.864. The van der Waals surface area contributed by atoms with Crippen LogP contribution < -0.4 is 10.1 Å². The van der Waals surface area contributed by atoms with Crippen molar-refractivity contribution in [2.24, 2.45) is 0 Å². The van der Waals surface area contributed by atoms with Gasteiger partial charge in [0.25, 0.3) is 5.91 Å². The van der Waals surface area contributed by atoms with Crippen molar-refractivity contribution in [3.05, 3.63) is 100 Å². The molecule has 0 radical (unpaired) electrons. The Hall–Kier alpha value is -3.06. The molecule has 3 aromatic carbocycles. The van der Waals surface area contributed by atoms with Crippen LogP contribution in [-0.2, 0) is 20.9 Å². The van der Waals surface area contributed by atoms with E-state index in [2.05, 4.69) is 5.32 Å². The van der Waals surface area contributed by atoms with Crippen LogP contribution >= 0.6 is 23.2 Å². The number of methoxy groups -OCH3 is 1. The van der Waals surface area contributed by atoms with Gasteiger partial charge in [-0.1, -0.05) is 77.8 Å². The average Bonchev–Trinajstić information content (AvgIpc) is 2.87. The summed E-state index contributed by atoms with van der Waals surface area (Å²) in [6, 6.07) is 22.4. The number of nitrogens with zero attached hydrogens (tertiary/aromatic N) is 1. The molecule has 0 heterocycles. The van der Waals surface area contributed by atoms with E-state index >= 15 is 0 Å². The van der Waals surface area contributed by atoms with Crippen LogP contribution in [0, 0.1) is 0 Å². The number of ether oxygens (including phenoxy) is 2. The normalized spacial score (nSPS) is 11.5. The molecule has 8 heteroatoms. The molecule has 1 atom stereocenters. The lowest BCUT2D eigenvalue weighted by Gasteiger charge is -2.31. The zero-order valence-corrected chi connectivity index (χ0v) is 21.0. The van der Waals surface area contributed by atoms with E-state index < -0.39 is 6.04 Å². The lowest BCUT2D eigenvalue weighted by molar-refractivity contribution is -0.143. The summed E-state index contributed by atoms with van der Waals surface area (Å²) >= 11 is 12.2. The summed E-state index contributed by atoms with van der Waals surface area (Å²) in [5, 5.41) is 3.92. The van der Waals surface area contributed by atoms with E-state index in [0.717, 1.165) is 5.56 Å². The topological polar surface area (TPSA) is 67.9 Å². The fraction of sp³-hybridized carbons (Fsp3) is 0.259. The van der Waals surface area contributed by atoms with Crippen molar-refractivity contribution in [1.29, 1.82) is 0 Å². The Morgan fingerprint density at radius 2 is 1.63 bits per heavy atom. The van der Waals surface area contributed by atoms with Crippen molar-refractivity contribution in [2.75, 3.05) is 26.9 Å². The molecule has 3 rings (SSSR count). The zero-order chi connectivity index (χ0) is 25.0. The van der Waals surface area contributed by atoms with Gasteiger partial charge in [0.15, 0.2) is 6.61 Å². The Bertz CT molecular complexity index is 1090. The maximum Gasteiger partial charge on any atom is 0.261 e. The van der Waals surface area contributed by atoms with E-state index in [1.54, 1.807) is 43.5 Å². The lowest BCUT2D eigenvalue weighted by Crippen LogP contribution is -2.45. The first-order valence-electron chi connectivity index (χ1n) is 11.2. The van der Waals surface area contributed by atoms with E-state index in [-0.39, 0.29) is 25.0 Å². The summed E-state index contributed by atoms with van der Waals surface area (Å²) in [4.78, 5) is 28.4. The Morgan fingerprint density at radius 3 is 2.31 bits per heavy atom. The lowest BCUT2D eigenvalue weighted by atomic mass is 10.0. The molecule has 0 aliphatic heterocycles. The molecule has 3 aromatic rings. The zero-order valence-electron chi connectivity index (χ0n) is 19.5. The van der Waals surface area contributed by atoms with Crippen LogP contribution in [0.15, 0.2) is 78.9 Å². The number of carbonyl (C=O) groups excluding carboxylic acids is 2. The number of hydrogen-bond donors (Lipinski definition) is 1. The molecular weight excluding hydrogens is 487 g/mol. The number of halogens is 2. The van der Waals surface area contributed by atoms with Gasteiger partial charge < -0.3 is 19.7 Å². The summed E-state index contributed by atoms with van der Waals surface area (Å²) < 4.78 is 10.8. The molecule has 0 aliphatic rings. The van der Waals surface area contributed by atoms with Crippen LogP contribution in [-0.4, -0.2) is 43.6 Å². The predicted octanol–water partition coefficient (Wildman–Crippen LogP) is 5.30. The molecule has 0 aliphatic carbocycles. The van der Waals surface area contributed by atoms with Gasteiger partial charge in [-0.3, -0.25) is 9.59 Å². The molecule has 0 saturated carbocycles. The van der Waals surface area contributed by atoms with Gasteiger partial charge in [-0.15, -0.1) is 0 Å². The van der Waals surface area contributed by atoms with Gasteiger partial charge in [0.2, 0.25) is 5.91 Å². The summed E-state index contributed by atoms with van der Waals surface area (Å²) in [5.74, 6) is -0.248. The molecule has 0 spiro atoms. The van der Waals surface area contributed by atoms with Crippen molar-refractivity contribution < 1.29 is 19.1 Å². The summed E-state index contributed by atoms with van der Waals surface area (Å²) in [5.41, 5.74) is 1.52. The molecule has 6 nitrogen and oxygen atoms in total. The number of para-hydroxylation sites is 1. The van der Waals surface area contributed by atoms with Crippen LogP contribution in [0.5, 0.6) is 5.75 Å². The van der Waals surface area contributed by atoms with E-state index in [4.69, 9.17) is 32.7 Å². The third kappa shape index (κ3) is 7.99. The van der Waals surface area contributed by atoms with Crippen molar-refractivity contribution >= 4 is 35.0 Å². The molecule has 2 amide bonds. The Morgan fingerprint density at radius 1 is 0.943 bits per heavy atom. The monoisotopic (exact) mass is 514 g/mol. The van der Waals surface area contributed by atoms with Crippen LogP contribution in [0.3, 0.4) is 0 Å². The smallest absolute Gasteiger partial charge is 0.261 e. The first kappa shape index (κ1) is 26.5. The van der Waals surface area contributed by atoms with Crippen LogP contribution in [0.25, 0.3) is 0 Å². The molecule has 184 valence electrons. The van der Waals surface area contributed by atoms with Crippen LogP contribution in [0.2, 0.25) is 10.0 Å². The van der Waals surface area contributed by atoms with Crippen molar-refractivity contribution in [2.45, 2.75) is 19.0 Å². The molecular formula is C27H28Cl2N2O4. The second-order valence-electron chi connectivity index (χ2n) is 7.82. The molecule has 0 bridgehead atoms. The van der Waals surface area contributed by atoms with Gasteiger partial charge in [-0.05, 0) is 41.8 Å². The van der Waals surface area contributed by atoms with Crippen molar-refractivity contribution in [3.63, 3.8) is 0 Å². The number of hydrogen-bond acceptors (Lipinski definition) is 4. The number of carbonyl (C=O) groups is 2. The standard InChI is InChI=1S/C27H28Cl2N2O4/c1-34-17-7-16-30-27(33)26(21-8-3-2-4-9-21)31(18-20-12-14-22(28)15-13-20)25(32)19-35-24-11-6-5-10-23(24)29/h2-6,8-15,26H,7,16-19H2,1H3,(H,30,33). The SMILES string of the molecule is COCCCNC(=O)C(c1ccccc1)N(Cc1ccc(Cl)cc1)C(=O)COc1ccccc1Cl.